The summed E-state index contributed by atoms with van der Waals surface area (Å²) in [5.74, 6) is -0.522. The number of benzene rings is 3. The first-order chi connectivity index (χ1) is 27.6. The lowest BCUT2D eigenvalue weighted by molar-refractivity contribution is -0.130. The van der Waals surface area contributed by atoms with Crippen LogP contribution >= 0.6 is 0 Å². The lowest BCUT2D eigenvalue weighted by atomic mass is 9.81. The zero-order valence-electron chi connectivity index (χ0n) is 35.7. The van der Waals surface area contributed by atoms with Crippen molar-refractivity contribution >= 4 is 35.2 Å². The number of nitrogens with zero attached hydrogens (tertiary/aromatic N) is 2. The average molecular weight is 793 g/mol. The lowest BCUT2D eigenvalue weighted by Gasteiger charge is -2.34. The van der Waals surface area contributed by atoms with Gasteiger partial charge in [0, 0.05) is 68.1 Å². The molecule has 58 heavy (non-hydrogen) atoms. The van der Waals surface area contributed by atoms with Gasteiger partial charge in [0.2, 0.25) is 11.8 Å². The summed E-state index contributed by atoms with van der Waals surface area (Å²) in [6.07, 6.45) is 4.60. The molecule has 0 aromatic heterocycles. The number of amides is 4. The van der Waals surface area contributed by atoms with Crippen LogP contribution in [0.3, 0.4) is 0 Å². The molecular formula is C47H64N6O5. The molecule has 1 heterocycles. The number of alkyl carbamates (subject to hydrolysis) is 1. The Morgan fingerprint density at radius 3 is 2.21 bits per heavy atom. The smallest absolute Gasteiger partial charge is 0.407 e. The van der Waals surface area contributed by atoms with E-state index in [0.29, 0.717) is 36.7 Å². The van der Waals surface area contributed by atoms with E-state index in [1.807, 2.05) is 95.3 Å². The third kappa shape index (κ3) is 12.7. The fourth-order valence-electron chi connectivity index (χ4n) is 7.82. The molecule has 4 amide bonds. The highest BCUT2D eigenvalue weighted by Gasteiger charge is 2.31. The van der Waals surface area contributed by atoms with Gasteiger partial charge in [0.1, 0.15) is 11.6 Å². The molecule has 4 N–H and O–H groups in total. The first-order valence-corrected chi connectivity index (χ1v) is 20.9. The number of ether oxygens (including phenoxy) is 1. The molecule has 1 unspecified atom stereocenters. The Balaban J connectivity index is 1.28. The number of piperidine rings is 1. The summed E-state index contributed by atoms with van der Waals surface area (Å²) in [5, 5.41) is 12.3. The van der Waals surface area contributed by atoms with Crippen LogP contribution in [0.2, 0.25) is 0 Å². The Kier molecular flexibility index (Phi) is 15.3. The van der Waals surface area contributed by atoms with Gasteiger partial charge in [-0.25, -0.2) is 4.79 Å². The van der Waals surface area contributed by atoms with Crippen LogP contribution in [0, 0.1) is 18.8 Å². The van der Waals surface area contributed by atoms with Gasteiger partial charge >= 0.3 is 6.09 Å². The number of likely N-dealkylation sites (tertiary alicyclic amines) is 1. The molecule has 3 aromatic carbocycles. The third-order valence-electron chi connectivity index (χ3n) is 11.5. The lowest BCUT2D eigenvalue weighted by Crippen LogP contribution is -2.48. The van der Waals surface area contributed by atoms with Crippen molar-refractivity contribution in [2.75, 3.05) is 32.0 Å². The molecule has 11 nitrogen and oxygen atoms in total. The van der Waals surface area contributed by atoms with Crippen LogP contribution in [-0.4, -0.2) is 84.8 Å². The van der Waals surface area contributed by atoms with Gasteiger partial charge < -0.3 is 30.9 Å². The second-order valence-electron chi connectivity index (χ2n) is 17.3. The van der Waals surface area contributed by atoms with Crippen molar-refractivity contribution in [3.05, 3.63) is 89.0 Å². The molecule has 1 aliphatic carbocycles. The van der Waals surface area contributed by atoms with Crippen LogP contribution in [-0.2, 0) is 20.7 Å². The Labute approximate surface area is 345 Å². The summed E-state index contributed by atoms with van der Waals surface area (Å²) in [5.41, 5.74) is 6.32. The number of anilines is 1. The summed E-state index contributed by atoms with van der Waals surface area (Å²) in [7, 11) is 1.74. The highest BCUT2D eigenvalue weighted by atomic mass is 16.6. The van der Waals surface area contributed by atoms with E-state index in [1.165, 1.54) is 0 Å². The van der Waals surface area contributed by atoms with Crippen molar-refractivity contribution < 1.29 is 23.9 Å². The number of carbonyl (C=O) groups is 4. The standard InChI is InChI=1S/C47H64N6O5/c1-30(2)53-24-22-40(23-25-53)50-44(55)38-11-9-10-37(28-38)41-26-34(13-12-31(41)3)27-42(45(56)51-39-20-18-35(19-21-39)32(4)48-8)52-43(54)36-16-14-33(15-17-36)29-49-46(57)58-47(5,6)7/h9-13,18-21,26,28,30,33,36,40,42H,14-17,22-25,27,29H2,1-8H3,(H,49,57)(H,50,55)(H,51,56)(H,52,54). The minimum absolute atomic E-state index is 0.0726. The summed E-state index contributed by atoms with van der Waals surface area (Å²) < 4.78 is 5.38. The topological polar surface area (TPSA) is 141 Å². The van der Waals surface area contributed by atoms with Gasteiger partial charge in [-0.2, -0.15) is 0 Å². The maximum Gasteiger partial charge on any atom is 0.407 e. The molecule has 2 aliphatic rings. The first kappa shape index (κ1) is 44.1. The van der Waals surface area contributed by atoms with Crippen molar-refractivity contribution in [3.63, 3.8) is 0 Å². The fraction of sp³-hybridized carbons (Fsp3) is 0.511. The second-order valence-corrected chi connectivity index (χ2v) is 17.3. The minimum atomic E-state index is -0.840. The molecule has 0 bridgehead atoms. The SMILES string of the molecule is CN=C(C)c1ccc(NC(=O)C(Cc2ccc(C)c(-c3cccc(C(=O)NC4CCN(C(C)C)CC4)c3)c2)NC(=O)C2CCC(CNC(=O)OC(C)(C)C)CC2)cc1. The zero-order chi connectivity index (χ0) is 42.0. The quantitative estimate of drug-likeness (QED) is 0.131. The predicted octanol–water partition coefficient (Wildman–Crippen LogP) is 7.70. The van der Waals surface area contributed by atoms with Crippen LogP contribution < -0.4 is 21.3 Å². The van der Waals surface area contributed by atoms with Crippen LogP contribution in [0.15, 0.2) is 71.7 Å². The van der Waals surface area contributed by atoms with Gasteiger partial charge in [-0.1, -0.05) is 42.5 Å². The molecule has 2 fully saturated rings. The van der Waals surface area contributed by atoms with E-state index >= 15 is 0 Å². The molecule has 1 aliphatic heterocycles. The normalized spacial score (nSPS) is 18.6. The maximum absolute atomic E-state index is 14.0. The fourth-order valence-corrected chi connectivity index (χ4v) is 7.82. The minimum Gasteiger partial charge on any atom is -0.444 e. The van der Waals surface area contributed by atoms with Crippen molar-refractivity contribution in [3.8, 4) is 11.1 Å². The van der Waals surface area contributed by atoms with Crippen LogP contribution in [0.4, 0.5) is 10.5 Å². The molecule has 0 spiro atoms. The summed E-state index contributed by atoms with van der Waals surface area (Å²) in [4.78, 5) is 60.2. The Hall–Kier alpha value is -5.03. The second kappa shape index (κ2) is 20.1. The van der Waals surface area contributed by atoms with E-state index in [0.717, 1.165) is 72.3 Å². The number of nitrogens with one attached hydrogen (secondary N) is 4. The number of hydrogen-bond donors (Lipinski definition) is 4. The van der Waals surface area contributed by atoms with Crippen LogP contribution in [0.5, 0.6) is 0 Å². The van der Waals surface area contributed by atoms with Crippen LogP contribution in [0.1, 0.15) is 107 Å². The molecule has 0 radical (unpaired) electrons. The van der Waals surface area contributed by atoms with Gasteiger partial charge in [-0.3, -0.25) is 19.4 Å². The Bertz CT molecular complexity index is 1920. The monoisotopic (exact) mass is 792 g/mol. The van der Waals surface area contributed by atoms with Gasteiger partial charge in [-0.05, 0) is 145 Å². The summed E-state index contributed by atoms with van der Waals surface area (Å²) >= 11 is 0. The van der Waals surface area contributed by atoms with Gasteiger partial charge in [0.25, 0.3) is 5.91 Å². The highest BCUT2D eigenvalue weighted by molar-refractivity contribution is 6.00. The molecule has 11 heteroatoms. The predicted molar refractivity (Wildman–Crippen MR) is 232 cm³/mol. The third-order valence-corrected chi connectivity index (χ3v) is 11.5. The van der Waals surface area contributed by atoms with Gasteiger partial charge in [0.15, 0.2) is 0 Å². The van der Waals surface area contributed by atoms with Crippen molar-refractivity contribution in [2.24, 2.45) is 16.8 Å². The maximum atomic E-state index is 14.0. The molecule has 312 valence electrons. The summed E-state index contributed by atoms with van der Waals surface area (Å²) in [6, 6.07) is 21.1. The molecular weight excluding hydrogens is 729 g/mol. The van der Waals surface area contributed by atoms with E-state index in [1.54, 1.807) is 7.05 Å². The summed E-state index contributed by atoms with van der Waals surface area (Å²) in [6.45, 7) is 16.3. The van der Waals surface area contributed by atoms with E-state index in [4.69, 9.17) is 4.74 Å². The molecule has 3 aromatic rings. The highest BCUT2D eigenvalue weighted by Crippen LogP contribution is 2.30. The molecule has 1 saturated carbocycles. The number of carbonyl (C=O) groups excluding carboxylic acids is 4. The average Bonchev–Trinajstić information content (AvgIpc) is 3.20. The van der Waals surface area contributed by atoms with Crippen molar-refractivity contribution in [1.82, 2.24) is 20.9 Å². The van der Waals surface area contributed by atoms with E-state index in [-0.39, 0.29) is 42.0 Å². The molecule has 1 saturated heterocycles. The van der Waals surface area contributed by atoms with Crippen molar-refractivity contribution in [1.29, 1.82) is 0 Å². The molecule has 5 rings (SSSR count). The number of aryl methyl sites for hydroxylation is 1. The zero-order valence-corrected chi connectivity index (χ0v) is 35.7. The number of aliphatic imine (C=N–C) groups is 1. The van der Waals surface area contributed by atoms with E-state index < -0.39 is 17.7 Å². The first-order valence-electron chi connectivity index (χ1n) is 20.9. The Morgan fingerprint density at radius 2 is 1.57 bits per heavy atom. The molecule has 1 atom stereocenters. The van der Waals surface area contributed by atoms with Gasteiger partial charge in [-0.15, -0.1) is 0 Å². The largest absolute Gasteiger partial charge is 0.444 e. The van der Waals surface area contributed by atoms with Crippen LogP contribution in [0.25, 0.3) is 11.1 Å². The number of rotatable bonds is 13. The van der Waals surface area contributed by atoms with E-state index in [9.17, 15) is 19.2 Å². The Morgan fingerprint density at radius 1 is 0.879 bits per heavy atom. The number of hydrogen-bond acceptors (Lipinski definition) is 7. The van der Waals surface area contributed by atoms with E-state index in [2.05, 4.69) is 51.1 Å². The van der Waals surface area contributed by atoms with Gasteiger partial charge in [0.05, 0.1) is 0 Å². The van der Waals surface area contributed by atoms with Crippen molar-refractivity contribution in [2.45, 2.75) is 117 Å².